The molecule has 1 heterocycles. The van der Waals surface area contributed by atoms with Crippen molar-refractivity contribution < 1.29 is 18.5 Å². The lowest BCUT2D eigenvalue weighted by Crippen LogP contribution is -2.41. The number of hydrogen-bond donors (Lipinski definition) is 2. The monoisotopic (exact) mass is 364 g/mol. The van der Waals surface area contributed by atoms with Gasteiger partial charge in [0.2, 0.25) is 0 Å². The van der Waals surface area contributed by atoms with E-state index >= 15 is 0 Å². The summed E-state index contributed by atoms with van der Waals surface area (Å²) in [5.74, 6) is -0.503. The summed E-state index contributed by atoms with van der Waals surface area (Å²) in [4.78, 5) is 12.0. The van der Waals surface area contributed by atoms with Gasteiger partial charge in [0, 0.05) is 6.54 Å². The average Bonchev–Trinajstić information content (AvgIpc) is 2.68. The van der Waals surface area contributed by atoms with Crippen molar-refractivity contribution in [1.29, 1.82) is 0 Å². The summed E-state index contributed by atoms with van der Waals surface area (Å²) in [6.07, 6.45) is 0.830. The molecule has 1 aromatic rings. The molecule has 0 spiro atoms. The number of anilines is 1. The first kappa shape index (κ1) is 20.7. The van der Waals surface area contributed by atoms with Crippen LogP contribution in [0.3, 0.4) is 0 Å². The second-order valence-corrected chi connectivity index (χ2v) is 9.02. The molecule has 2 rings (SSSR count). The molecule has 5 nitrogen and oxygen atoms in total. The summed E-state index contributed by atoms with van der Waals surface area (Å²) < 4.78 is 26.1. The van der Waals surface area contributed by atoms with Gasteiger partial charge in [-0.1, -0.05) is 26.8 Å². The molecule has 0 bridgehead atoms. The summed E-state index contributed by atoms with van der Waals surface area (Å²) in [6, 6.07) is 4.05. The molecular weight excluding hydrogens is 334 g/mol. The summed E-state index contributed by atoms with van der Waals surface area (Å²) in [6.45, 7) is 14.6. The molecular formula is C19H30BFN2O3. The van der Waals surface area contributed by atoms with E-state index < -0.39 is 30.2 Å². The van der Waals surface area contributed by atoms with Crippen LogP contribution in [0.4, 0.5) is 14.9 Å². The van der Waals surface area contributed by atoms with Crippen LogP contribution in [0.2, 0.25) is 0 Å². The molecule has 2 amide bonds. The van der Waals surface area contributed by atoms with E-state index in [1.807, 2.05) is 27.7 Å². The van der Waals surface area contributed by atoms with Crippen molar-refractivity contribution >= 4 is 24.3 Å². The van der Waals surface area contributed by atoms with Crippen molar-refractivity contribution in [3.63, 3.8) is 0 Å². The van der Waals surface area contributed by atoms with Crippen LogP contribution < -0.4 is 16.1 Å². The predicted octanol–water partition coefficient (Wildman–Crippen LogP) is 3.68. The van der Waals surface area contributed by atoms with Gasteiger partial charge in [0.25, 0.3) is 0 Å². The zero-order valence-corrected chi connectivity index (χ0v) is 16.8. The van der Waals surface area contributed by atoms with E-state index in [0.717, 1.165) is 6.42 Å². The second kappa shape index (κ2) is 7.20. The molecule has 0 saturated carbocycles. The molecule has 0 atom stereocenters. The Balaban J connectivity index is 2.05. The smallest absolute Gasteiger partial charge is 0.399 e. The minimum atomic E-state index is -0.606. The number of amides is 2. The largest absolute Gasteiger partial charge is 0.494 e. The van der Waals surface area contributed by atoms with E-state index in [1.54, 1.807) is 12.1 Å². The summed E-state index contributed by atoms with van der Waals surface area (Å²) in [5, 5.41) is 5.32. The number of hydrogen-bond acceptors (Lipinski definition) is 3. The van der Waals surface area contributed by atoms with E-state index in [9.17, 15) is 9.18 Å². The molecule has 1 aromatic carbocycles. The van der Waals surface area contributed by atoms with Crippen molar-refractivity contribution in [3.8, 4) is 0 Å². The van der Waals surface area contributed by atoms with Gasteiger partial charge in [0.1, 0.15) is 5.82 Å². The van der Waals surface area contributed by atoms with Gasteiger partial charge < -0.3 is 19.9 Å². The molecule has 1 aliphatic rings. The average molecular weight is 364 g/mol. The highest BCUT2D eigenvalue weighted by Crippen LogP contribution is 2.36. The van der Waals surface area contributed by atoms with E-state index in [4.69, 9.17) is 9.31 Å². The maximum absolute atomic E-state index is 14.1. The number of carbonyl (C=O) groups is 1. The maximum Gasteiger partial charge on any atom is 0.494 e. The van der Waals surface area contributed by atoms with Gasteiger partial charge >= 0.3 is 13.1 Å². The van der Waals surface area contributed by atoms with Gasteiger partial charge in [0.15, 0.2) is 0 Å². The molecule has 0 aromatic heterocycles. The van der Waals surface area contributed by atoms with Crippen LogP contribution in [0.25, 0.3) is 0 Å². The number of carbonyl (C=O) groups excluding carboxylic acids is 1. The van der Waals surface area contributed by atoms with E-state index in [-0.39, 0.29) is 11.1 Å². The number of halogens is 1. The fraction of sp³-hybridized carbons (Fsp3) is 0.632. The summed E-state index contributed by atoms with van der Waals surface area (Å²) >= 11 is 0. The normalized spacial score (nSPS) is 18.7. The minimum Gasteiger partial charge on any atom is -0.399 e. The van der Waals surface area contributed by atoms with E-state index in [0.29, 0.717) is 12.0 Å². The second-order valence-electron chi connectivity index (χ2n) is 9.02. The lowest BCUT2D eigenvalue weighted by molar-refractivity contribution is 0.00578. The Labute approximate surface area is 156 Å². The van der Waals surface area contributed by atoms with Crippen molar-refractivity contribution in [3.05, 3.63) is 24.0 Å². The first-order valence-electron chi connectivity index (χ1n) is 9.01. The molecule has 26 heavy (non-hydrogen) atoms. The van der Waals surface area contributed by atoms with Gasteiger partial charge in [-0.15, -0.1) is 0 Å². The van der Waals surface area contributed by atoms with Crippen LogP contribution >= 0.6 is 0 Å². The van der Waals surface area contributed by atoms with Crippen LogP contribution in [0.15, 0.2) is 18.2 Å². The first-order valence-corrected chi connectivity index (χ1v) is 9.01. The number of nitrogens with one attached hydrogen (secondary N) is 2. The number of urea groups is 1. The molecule has 1 saturated heterocycles. The van der Waals surface area contributed by atoms with Gasteiger partial charge in [-0.25, -0.2) is 9.18 Å². The summed E-state index contributed by atoms with van der Waals surface area (Å²) in [5.41, 5.74) is -0.0797. The van der Waals surface area contributed by atoms with Crippen LogP contribution in [0.1, 0.15) is 54.9 Å². The first-order chi connectivity index (χ1) is 11.8. The lowest BCUT2D eigenvalue weighted by atomic mass is 9.79. The topological polar surface area (TPSA) is 59.6 Å². The van der Waals surface area contributed by atoms with Crippen LogP contribution in [0.5, 0.6) is 0 Å². The van der Waals surface area contributed by atoms with Gasteiger partial charge in [-0.2, -0.15) is 0 Å². The highest BCUT2D eigenvalue weighted by atomic mass is 19.1. The van der Waals surface area contributed by atoms with Gasteiger partial charge in [0.05, 0.1) is 16.9 Å². The zero-order chi connectivity index (χ0) is 19.8. The van der Waals surface area contributed by atoms with Crippen molar-refractivity contribution in [2.24, 2.45) is 5.41 Å². The van der Waals surface area contributed by atoms with Gasteiger partial charge in [-0.3, -0.25) is 0 Å². The Morgan fingerprint density at radius 3 is 2.27 bits per heavy atom. The third kappa shape index (κ3) is 4.98. The third-order valence-electron chi connectivity index (χ3n) is 4.92. The standard InChI is InChI=1S/C19H30BFN2O3/c1-17(2,3)10-11-22-16(24)23-15-12-13(8-9-14(15)21)20-25-18(4,5)19(6,7)26-20/h8-9,12H,10-11H2,1-7H3,(H2,22,23,24). The SMILES string of the molecule is CC(C)(C)CCNC(=O)Nc1cc(B2OC(C)(C)C(C)(C)O2)ccc1F. The number of benzene rings is 1. The molecule has 0 unspecified atom stereocenters. The molecule has 0 radical (unpaired) electrons. The van der Waals surface area contributed by atoms with Crippen LogP contribution in [0, 0.1) is 11.2 Å². The third-order valence-corrected chi connectivity index (χ3v) is 4.92. The Kier molecular flexibility index (Phi) is 5.73. The van der Waals surface area contributed by atoms with Crippen molar-refractivity contribution in [2.45, 2.75) is 66.1 Å². The highest BCUT2D eigenvalue weighted by Gasteiger charge is 2.51. The maximum atomic E-state index is 14.1. The van der Waals surface area contributed by atoms with Gasteiger partial charge in [-0.05, 0) is 57.1 Å². The lowest BCUT2D eigenvalue weighted by Gasteiger charge is -2.32. The summed E-state index contributed by atoms with van der Waals surface area (Å²) in [7, 11) is -0.606. The highest BCUT2D eigenvalue weighted by molar-refractivity contribution is 6.62. The van der Waals surface area contributed by atoms with Crippen molar-refractivity contribution in [2.75, 3.05) is 11.9 Å². The zero-order valence-electron chi connectivity index (χ0n) is 16.8. The number of rotatable bonds is 4. The molecule has 0 aliphatic carbocycles. The fourth-order valence-electron chi connectivity index (χ4n) is 2.48. The minimum absolute atomic E-state index is 0.102. The Morgan fingerprint density at radius 1 is 1.15 bits per heavy atom. The Morgan fingerprint density at radius 2 is 1.73 bits per heavy atom. The Bertz CT molecular complexity index is 655. The quantitative estimate of drug-likeness (QED) is 0.802. The molecule has 7 heteroatoms. The van der Waals surface area contributed by atoms with Crippen LogP contribution in [-0.2, 0) is 9.31 Å². The molecule has 144 valence electrons. The molecule has 2 N–H and O–H groups in total. The fourth-order valence-corrected chi connectivity index (χ4v) is 2.48. The predicted molar refractivity (Wildman–Crippen MR) is 103 cm³/mol. The van der Waals surface area contributed by atoms with E-state index in [2.05, 4.69) is 31.4 Å². The molecule has 1 aliphatic heterocycles. The van der Waals surface area contributed by atoms with E-state index in [1.165, 1.54) is 6.07 Å². The molecule has 1 fully saturated rings. The Hall–Kier alpha value is -1.60. The van der Waals surface area contributed by atoms with Crippen LogP contribution in [-0.4, -0.2) is 30.9 Å². The van der Waals surface area contributed by atoms with Crippen molar-refractivity contribution in [1.82, 2.24) is 5.32 Å².